The van der Waals surface area contributed by atoms with Gasteiger partial charge in [-0.2, -0.15) is 0 Å². The number of hydrogen-bond acceptors (Lipinski definition) is 5. The van der Waals surface area contributed by atoms with Crippen LogP contribution in [0.1, 0.15) is 23.5 Å². The Morgan fingerprint density at radius 2 is 2.04 bits per heavy atom. The molecule has 2 aliphatic rings. The van der Waals surface area contributed by atoms with Crippen LogP contribution in [0.2, 0.25) is 0 Å². The summed E-state index contributed by atoms with van der Waals surface area (Å²) in [5.74, 6) is 0.829. The Morgan fingerprint density at radius 3 is 2.87 bits per heavy atom. The van der Waals surface area contributed by atoms with Crippen LogP contribution in [0.15, 0.2) is 12.3 Å². The lowest BCUT2D eigenvalue weighted by Crippen LogP contribution is -2.49. The molecule has 4 rings (SSSR count). The lowest BCUT2D eigenvalue weighted by Gasteiger charge is -2.32. The van der Waals surface area contributed by atoms with Crippen molar-refractivity contribution in [2.75, 3.05) is 39.3 Å². The van der Waals surface area contributed by atoms with E-state index in [-0.39, 0.29) is 0 Å². The molecule has 0 amide bonds. The molecule has 2 aromatic heterocycles. The summed E-state index contributed by atoms with van der Waals surface area (Å²) >= 11 is 0. The molecule has 0 aromatic carbocycles. The maximum atomic E-state index is 4.54. The first kappa shape index (κ1) is 15.1. The van der Waals surface area contributed by atoms with E-state index in [1.807, 2.05) is 13.1 Å². The summed E-state index contributed by atoms with van der Waals surface area (Å²) in [7, 11) is 0. The third kappa shape index (κ3) is 2.98. The van der Waals surface area contributed by atoms with Gasteiger partial charge in [-0.3, -0.25) is 14.2 Å². The zero-order chi connectivity index (χ0) is 15.8. The SMILES string of the molecule is Cc1cc(C)n2c(CN3CCC(N4CCNCC4)C3)cnc2n1. The minimum absolute atomic E-state index is 0.720. The van der Waals surface area contributed by atoms with Gasteiger partial charge in [0.2, 0.25) is 5.78 Å². The van der Waals surface area contributed by atoms with Gasteiger partial charge in [-0.1, -0.05) is 0 Å². The van der Waals surface area contributed by atoms with Crippen LogP contribution in [-0.4, -0.2) is 69.5 Å². The number of imidazole rings is 1. The fourth-order valence-electron chi connectivity index (χ4n) is 4.04. The average molecular weight is 314 g/mol. The molecular formula is C17H26N6. The van der Waals surface area contributed by atoms with Gasteiger partial charge in [-0.15, -0.1) is 0 Å². The van der Waals surface area contributed by atoms with Crippen molar-refractivity contribution in [3.05, 3.63) is 29.3 Å². The van der Waals surface area contributed by atoms with Crippen LogP contribution in [0.3, 0.4) is 0 Å². The summed E-state index contributed by atoms with van der Waals surface area (Å²) in [5.41, 5.74) is 3.51. The first-order chi connectivity index (χ1) is 11.2. The summed E-state index contributed by atoms with van der Waals surface area (Å²) in [6, 6.07) is 2.85. The van der Waals surface area contributed by atoms with Crippen LogP contribution < -0.4 is 5.32 Å². The van der Waals surface area contributed by atoms with Crippen LogP contribution in [0, 0.1) is 13.8 Å². The highest BCUT2D eigenvalue weighted by atomic mass is 15.3. The first-order valence-corrected chi connectivity index (χ1v) is 8.68. The van der Waals surface area contributed by atoms with Gasteiger partial charge in [0, 0.05) is 63.2 Å². The van der Waals surface area contributed by atoms with Crippen LogP contribution >= 0.6 is 0 Å². The lowest BCUT2D eigenvalue weighted by atomic mass is 10.2. The molecule has 0 aliphatic carbocycles. The Morgan fingerprint density at radius 1 is 1.22 bits per heavy atom. The maximum Gasteiger partial charge on any atom is 0.234 e. The van der Waals surface area contributed by atoms with Gasteiger partial charge >= 0.3 is 0 Å². The Bertz CT molecular complexity index is 688. The van der Waals surface area contributed by atoms with Crippen molar-refractivity contribution >= 4 is 5.78 Å². The molecule has 0 saturated carbocycles. The van der Waals surface area contributed by atoms with Crippen molar-refractivity contribution in [3.63, 3.8) is 0 Å². The quantitative estimate of drug-likeness (QED) is 0.909. The van der Waals surface area contributed by atoms with Crippen molar-refractivity contribution < 1.29 is 0 Å². The minimum Gasteiger partial charge on any atom is -0.314 e. The molecule has 2 aromatic rings. The zero-order valence-corrected chi connectivity index (χ0v) is 14.1. The van der Waals surface area contributed by atoms with Gasteiger partial charge < -0.3 is 5.32 Å². The normalized spacial score (nSPS) is 23.8. The summed E-state index contributed by atoms with van der Waals surface area (Å²) in [6.07, 6.45) is 3.28. The highest BCUT2D eigenvalue weighted by molar-refractivity contribution is 5.35. The van der Waals surface area contributed by atoms with E-state index in [4.69, 9.17) is 0 Å². The molecule has 1 unspecified atom stereocenters. The van der Waals surface area contributed by atoms with E-state index in [2.05, 4.69) is 42.5 Å². The third-order valence-corrected chi connectivity index (χ3v) is 5.16. The number of aromatic nitrogens is 3. The number of hydrogen-bond donors (Lipinski definition) is 1. The van der Waals surface area contributed by atoms with E-state index in [1.54, 1.807) is 0 Å². The van der Waals surface area contributed by atoms with E-state index in [0.29, 0.717) is 0 Å². The Labute approximate surface area is 137 Å². The van der Waals surface area contributed by atoms with Gasteiger partial charge in [0.15, 0.2) is 0 Å². The van der Waals surface area contributed by atoms with E-state index in [0.717, 1.165) is 37.1 Å². The molecule has 4 heterocycles. The molecule has 0 spiro atoms. The zero-order valence-electron chi connectivity index (χ0n) is 14.1. The Hall–Kier alpha value is -1.50. The molecule has 1 atom stereocenters. The summed E-state index contributed by atoms with van der Waals surface area (Å²) in [4.78, 5) is 14.3. The number of piperazine rings is 1. The van der Waals surface area contributed by atoms with Gasteiger partial charge in [0.05, 0.1) is 11.9 Å². The Balaban J connectivity index is 1.47. The van der Waals surface area contributed by atoms with Crippen molar-refractivity contribution in [2.45, 2.75) is 32.9 Å². The molecule has 2 saturated heterocycles. The average Bonchev–Trinajstić information content (AvgIpc) is 3.16. The predicted octanol–water partition coefficient (Wildman–Crippen LogP) is 0.826. The number of fused-ring (bicyclic) bond motifs is 1. The Kier molecular flexibility index (Phi) is 4.05. The molecule has 6 nitrogen and oxygen atoms in total. The second kappa shape index (κ2) is 6.19. The summed E-state index contributed by atoms with van der Waals surface area (Å²) in [5, 5.41) is 3.44. The predicted molar refractivity (Wildman–Crippen MR) is 90.6 cm³/mol. The van der Waals surface area contributed by atoms with Gasteiger partial charge in [-0.05, 0) is 26.3 Å². The smallest absolute Gasteiger partial charge is 0.234 e. The number of nitrogens with zero attached hydrogens (tertiary/aromatic N) is 5. The minimum atomic E-state index is 0.720. The van der Waals surface area contributed by atoms with Gasteiger partial charge in [0.25, 0.3) is 0 Å². The number of aryl methyl sites for hydroxylation is 2. The van der Waals surface area contributed by atoms with Crippen LogP contribution in [0.5, 0.6) is 0 Å². The standard InChI is InChI=1S/C17H26N6/c1-13-9-14(2)23-16(10-19-17(23)20-13)12-21-6-3-15(11-21)22-7-4-18-5-8-22/h9-10,15,18H,3-8,11-12H2,1-2H3. The largest absolute Gasteiger partial charge is 0.314 e. The molecule has 1 N–H and O–H groups in total. The molecular weight excluding hydrogens is 288 g/mol. The first-order valence-electron chi connectivity index (χ1n) is 8.68. The highest BCUT2D eigenvalue weighted by Gasteiger charge is 2.28. The molecule has 0 radical (unpaired) electrons. The van der Waals surface area contributed by atoms with Crippen LogP contribution in [-0.2, 0) is 6.54 Å². The fourth-order valence-corrected chi connectivity index (χ4v) is 4.04. The van der Waals surface area contributed by atoms with E-state index >= 15 is 0 Å². The highest BCUT2D eigenvalue weighted by Crippen LogP contribution is 2.19. The number of likely N-dealkylation sites (tertiary alicyclic amines) is 1. The fraction of sp³-hybridized carbons (Fsp3) is 0.647. The second-order valence-corrected chi connectivity index (χ2v) is 6.89. The summed E-state index contributed by atoms with van der Waals surface area (Å²) in [6.45, 7) is 12.1. The molecule has 0 bridgehead atoms. The molecule has 2 fully saturated rings. The molecule has 2 aliphatic heterocycles. The van der Waals surface area contributed by atoms with E-state index in [9.17, 15) is 0 Å². The topological polar surface area (TPSA) is 48.7 Å². The third-order valence-electron chi connectivity index (χ3n) is 5.16. The van der Waals surface area contributed by atoms with Crippen LogP contribution in [0.4, 0.5) is 0 Å². The van der Waals surface area contributed by atoms with Crippen molar-refractivity contribution in [1.82, 2.24) is 29.5 Å². The van der Waals surface area contributed by atoms with Gasteiger partial charge in [-0.25, -0.2) is 9.97 Å². The van der Waals surface area contributed by atoms with Crippen molar-refractivity contribution in [3.8, 4) is 0 Å². The lowest BCUT2D eigenvalue weighted by molar-refractivity contribution is 0.170. The number of rotatable bonds is 3. The maximum absolute atomic E-state index is 4.54. The van der Waals surface area contributed by atoms with Crippen molar-refractivity contribution in [1.29, 1.82) is 0 Å². The second-order valence-electron chi connectivity index (χ2n) is 6.89. The van der Waals surface area contributed by atoms with Crippen molar-refractivity contribution in [2.24, 2.45) is 0 Å². The molecule has 6 heteroatoms. The molecule has 23 heavy (non-hydrogen) atoms. The van der Waals surface area contributed by atoms with E-state index < -0.39 is 0 Å². The van der Waals surface area contributed by atoms with E-state index in [1.165, 1.54) is 44.0 Å². The van der Waals surface area contributed by atoms with Gasteiger partial charge in [0.1, 0.15) is 0 Å². The molecule has 124 valence electrons. The monoisotopic (exact) mass is 314 g/mol. The summed E-state index contributed by atoms with van der Waals surface area (Å²) < 4.78 is 2.20. The van der Waals surface area contributed by atoms with Crippen LogP contribution in [0.25, 0.3) is 5.78 Å². The number of nitrogens with one attached hydrogen (secondary N) is 1.